The SMILES string of the molecule is C/C=C/C(=O)O[C@]1(c2ccc3ccccc3c2)C[C@H]2CC[C@]1(C)C2(C)C. The van der Waals surface area contributed by atoms with E-state index < -0.39 is 5.60 Å². The Bertz CT molecular complexity index is 894. The summed E-state index contributed by atoms with van der Waals surface area (Å²) >= 11 is 0. The molecule has 0 N–H and O–H groups in total. The zero-order valence-electron chi connectivity index (χ0n) is 16.2. The first-order valence-electron chi connectivity index (χ1n) is 9.69. The van der Waals surface area contributed by atoms with Crippen LogP contribution in [-0.4, -0.2) is 5.97 Å². The fourth-order valence-corrected chi connectivity index (χ4v) is 5.68. The van der Waals surface area contributed by atoms with Crippen molar-refractivity contribution in [3.8, 4) is 0 Å². The number of carbonyl (C=O) groups is 1. The van der Waals surface area contributed by atoms with Crippen LogP contribution >= 0.6 is 0 Å². The van der Waals surface area contributed by atoms with E-state index in [-0.39, 0.29) is 16.8 Å². The molecule has 0 amide bonds. The first kappa shape index (κ1) is 17.3. The molecule has 2 aliphatic carbocycles. The highest BCUT2D eigenvalue weighted by atomic mass is 16.6. The number of allylic oxidation sites excluding steroid dienone is 1. The van der Waals surface area contributed by atoms with Gasteiger partial charge in [-0.25, -0.2) is 4.79 Å². The minimum Gasteiger partial charge on any atom is -0.450 e. The van der Waals surface area contributed by atoms with Gasteiger partial charge in [-0.05, 0) is 59.9 Å². The highest BCUT2D eigenvalue weighted by Gasteiger charge is 2.71. The highest BCUT2D eigenvalue weighted by Crippen LogP contribution is 2.73. The van der Waals surface area contributed by atoms with E-state index in [1.165, 1.54) is 17.2 Å². The van der Waals surface area contributed by atoms with Gasteiger partial charge in [0.1, 0.15) is 5.60 Å². The van der Waals surface area contributed by atoms with Crippen LogP contribution < -0.4 is 0 Å². The van der Waals surface area contributed by atoms with Gasteiger partial charge >= 0.3 is 5.97 Å². The highest BCUT2D eigenvalue weighted by molar-refractivity contribution is 5.84. The standard InChI is InChI=1S/C24H28O2/c1-5-8-21(25)26-24(16-20-13-14-23(24,4)22(20,2)3)19-12-11-17-9-6-7-10-18(17)15-19/h5-12,15,20H,13-14,16H2,1-4H3/b8-5+/t20-,23-,24+/m1/s1. The van der Waals surface area contributed by atoms with Crippen LogP contribution in [0.25, 0.3) is 10.8 Å². The van der Waals surface area contributed by atoms with Gasteiger partial charge in [0.05, 0.1) is 0 Å². The number of rotatable bonds is 3. The maximum absolute atomic E-state index is 12.6. The van der Waals surface area contributed by atoms with E-state index in [9.17, 15) is 4.79 Å². The molecular formula is C24H28O2. The Labute approximate surface area is 156 Å². The van der Waals surface area contributed by atoms with Crippen molar-refractivity contribution in [3.05, 3.63) is 60.2 Å². The van der Waals surface area contributed by atoms with E-state index in [0.717, 1.165) is 18.4 Å². The first-order chi connectivity index (χ1) is 12.3. The molecule has 2 bridgehead atoms. The van der Waals surface area contributed by atoms with Gasteiger partial charge in [0.15, 0.2) is 0 Å². The molecule has 2 fully saturated rings. The van der Waals surface area contributed by atoms with E-state index >= 15 is 0 Å². The number of ether oxygens (including phenoxy) is 1. The van der Waals surface area contributed by atoms with Crippen LogP contribution in [0.3, 0.4) is 0 Å². The minimum atomic E-state index is -0.556. The summed E-state index contributed by atoms with van der Waals surface area (Å²) < 4.78 is 6.32. The summed E-state index contributed by atoms with van der Waals surface area (Å²) in [5, 5.41) is 2.43. The summed E-state index contributed by atoms with van der Waals surface area (Å²) in [6, 6.07) is 15.0. The fourth-order valence-electron chi connectivity index (χ4n) is 5.68. The number of benzene rings is 2. The molecule has 0 saturated heterocycles. The second-order valence-corrected chi connectivity index (χ2v) is 8.80. The van der Waals surface area contributed by atoms with Crippen molar-refractivity contribution in [1.29, 1.82) is 0 Å². The van der Waals surface area contributed by atoms with Crippen molar-refractivity contribution in [2.75, 3.05) is 0 Å². The van der Waals surface area contributed by atoms with Crippen molar-refractivity contribution in [1.82, 2.24) is 0 Å². The average molecular weight is 348 g/mol. The third kappa shape index (κ3) is 2.14. The lowest BCUT2D eigenvalue weighted by Gasteiger charge is -2.48. The van der Waals surface area contributed by atoms with Crippen LogP contribution in [0, 0.1) is 16.7 Å². The van der Waals surface area contributed by atoms with Crippen molar-refractivity contribution < 1.29 is 9.53 Å². The van der Waals surface area contributed by atoms with Gasteiger partial charge in [-0.3, -0.25) is 0 Å². The van der Waals surface area contributed by atoms with Crippen molar-refractivity contribution in [2.45, 2.75) is 52.6 Å². The Balaban J connectivity index is 1.90. The van der Waals surface area contributed by atoms with Crippen molar-refractivity contribution in [2.24, 2.45) is 16.7 Å². The molecule has 3 atom stereocenters. The molecule has 0 unspecified atom stereocenters. The summed E-state index contributed by atoms with van der Waals surface area (Å²) in [4.78, 5) is 12.6. The van der Waals surface area contributed by atoms with Gasteiger partial charge in [0.2, 0.25) is 0 Å². The van der Waals surface area contributed by atoms with Crippen molar-refractivity contribution in [3.63, 3.8) is 0 Å². The number of hydrogen-bond donors (Lipinski definition) is 0. The number of hydrogen-bond acceptors (Lipinski definition) is 2. The molecule has 0 aliphatic heterocycles. The molecule has 0 radical (unpaired) electrons. The number of esters is 1. The molecular weight excluding hydrogens is 320 g/mol. The van der Waals surface area contributed by atoms with Gasteiger partial charge in [0, 0.05) is 11.5 Å². The topological polar surface area (TPSA) is 26.3 Å². The largest absolute Gasteiger partial charge is 0.450 e. The number of carbonyl (C=O) groups excluding carboxylic acids is 1. The quantitative estimate of drug-likeness (QED) is 0.502. The minimum absolute atomic E-state index is 0.0651. The molecule has 4 rings (SSSR count). The summed E-state index contributed by atoms with van der Waals surface area (Å²) in [6.07, 6.45) is 6.54. The Morgan fingerprint density at radius 2 is 1.85 bits per heavy atom. The van der Waals surface area contributed by atoms with Crippen molar-refractivity contribution >= 4 is 16.7 Å². The zero-order chi connectivity index (χ0) is 18.6. The molecule has 2 heteroatoms. The molecule has 0 heterocycles. The predicted molar refractivity (Wildman–Crippen MR) is 106 cm³/mol. The third-order valence-corrected chi connectivity index (χ3v) is 7.65. The summed E-state index contributed by atoms with van der Waals surface area (Å²) in [6.45, 7) is 8.91. The average Bonchev–Trinajstić information content (AvgIpc) is 2.94. The van der Waals surface area contributed by atoms with Gasteiger partial charge in [-0.15, -0.1) is 0 Å². The fraction of sp³-hybridized carbons (Fsp3) is 0.458. The van der Waals surface area contributed by atoms with Crippen LogP contribution in [0.4, 0.5) is 0 Å². The van der Waals surface area contributed by atoms with E-state index in [1.54, 1.807) is 12.2 Å². The molecule has 2 aromatic carbocycles. The smallest absolute Gasteiger partial charge is 0.331 e. The van der Waals surface area contributed by atoms with Crippen LogP contribution in [0.2, 0.25) is 0 Å². The molecule has 2 saturated carbocycles. The van der Waals surface area contributed by atoms with Gasteiger partial charge in [-0.1, -0.05) is 63.2 Å². The van der Waals surface area contributed by atoms with Gasteiger partial charge in [-0.2, -0.15) is 0 Å². The Kier molecular flexibility index (Phi) is 3.80. The number of fused-ring (bicyclic) bond motifs is 3. The molecule has 2 aromatic rings. The monoisotopic (exact) mass is 348 g/mol. The molecule has 2 nitrogen and oxygen atoms in total. The van der Waals surface area contributed by atoms with Crippen LogP contribution in [0.1, 0.15) is 52.5 Å². The van der Waals surface area contributed by atoms with Gasteiger partial charge < -0.3 is 4.74 Å². The predicted octanol–water partition coefficient (Wildman–Crippen LogP) is 6.00. The normalized spacial score (nSPS) is 32.4. The van der Waals surface area contributed by atoms with E-state index in [0.29, 0.717) is 5.92 Å². The molecule has 2 aliphatic rings. The lowest BCUT2D eigenvalue weighted by atomic mass is 9.62. The van der Waals surface area contributed by atoms with Gasteiger partial charge in [0.25, 0.3) is 0 Å². The van der Waals surface area contributed by atoms with Crippen LogP contribution in [-0.2, 0) is 15.1 Å². The van der Waals surface area contributed by atoms with Crippen LogP contribution in [0.15, 0.2) is 54.6 Å². The van der Waals surface area contributed by atoms with E-state index in [2.05, 4.69) is 63.2 Å². The molecule has 0 spiro atoms. The zero-order valence-corrected chi connectivity index (χ0v) is 16.2. The Hall–Kier alpha value is -2.09. The lowest BCUT2D eigenvalue weighted by molar-refractivity contribution is -0.176. The maximum Gasteiger partial charge on any atom is 0.331 e. The Morgan fingerprint density at radius 3 is 2.46 bits per heavy atom. The molecule has 136 valence electrons. The maximum atomic E-state index is 12.6. The van der Waals surface area contributed by atoms with E-state index in [1.807, 2.05) is 6.92 Å². The summed E-state index contributed by atoms with van der Waals surface area (Å²) in [7, 11) is 0. The third-order valence-electron chi connectivity index (χ3n) is 7.65. The lowest BCUT2D eigenvalue weighted by Crippen LogP contribution is -2.47. The molecule has 26 heavy (non-hydrogen) atoms. The van der Waals surface area contributed by atoms with E-state index in [4.69, 9.17) is 4.74 Å². The molecule has 0 aromatic heterocycles. The second-order valence-electron chi connectivity index (χ2n) is 8.80. The Morgan fingerprint density at radius 1 is 1.12 bits per heavy atom. The second kappa shape index (κ2) is 5.70. The summed E-state index contributed by atoms with van der Waals surface area (Å²) in [5.41, 5.74) is 0.672. The summed E-state index contributed by atoms with van der Waals surface area (Å²) in [5.74, 6) is 0.350. The first-order valence-corrected chi connectivity index (χ1v) is 9.69. The van der Waals surface area contributed by atoms with Crippen LogP contribution in [0.5, 0.6) is 0 Å².